The number of carbonyl (C=O) groups is 1. The number of rotatable bonds is 7. The van der Waals surface area contributed by atoms with Crippen LogP contribution in [0.5, 0.6) is 0 Å². The Kier molecular flexibility index (Phi) is 5.26. The van der Waals surface area contributed by atoms with E-state index in [0.717, 1.165) is 18.5 Å². The fraction of sp³-hybridized carbons (Fsp3) is 0.250. The van der Waals surface area contributed by atoms with E-state index in [4.69, 9.17) is 0 Å². The smallest absolute Gasteiger partial charge is 0.312 e. The summed E-state index contributed by atoms with van der Waals surface area (Å²) in [6, 6.07) is 13.2. The molecule has 2 aromatic rings. The molecule has 4 nitrogen and oxygen atoms in total. The van der Waals surface area contributed by atoms with Crippen LogP contribution in [0.1, 0.15) is 17.0 Å². The molecule has 0 bridgehead atoms. The molecule has 1 aromatic heterocycles. The number of benzene rings is 1. The molecule has 2 N–H and O–H groups in total. The largest absolute Gasteiger partial charge is 0.481 e. The van der Waals surface area contributed by atoms with Gasteiger partial charge in [-0.05, 0) is 36.2 Å². The third-order valence-corrected chi connectivity index (χ3v) is 3.19. The lowest BCUT2D eigenvalue weighted by Crippen LogP contribution is -2.28. The molecule has 0 aliphatic heterocycles. The van der Waals surface area contributed by atoms with Gasteiger partial charge >= 0.3 is 5.97 Å². The van der Waals surface area contributed by atoms with Crippen LogP contribution in [0.4, 0.5) is 0 Å². The maximum Gasteiger partial charge on any atom is 0.312 e. The number of pyridine rings is 1. The average molecular weight is 270 g/mol. The van der Waals surface area contributed by atoms with E-state index in [2.05, 4.69) is 10.3 Å². The second-order valence-electron chi connectivity index (χ2n) is 4.61. The topological polar surface area (TPSA) is 62.2 Å². The zero-order valence-electron chi connectivity index (χ0n) is 11.2. The van der Waals surface area contributed by atoms with Crippen molar-refractivity contribution in [2.75, 3.05) is 13.1 Å². The monoisotopic (exact) mass is 270 g/mol. The predicted octanol–water partition coefficient (Wildman–Crippen LogP) is 2.08. The van der Waals surface area contributed by atoms with Gasteiger partial charge in [0.15, 0.2) is 0 Å². The van der Waals surface area contributed by atoms with Crippen molar-refractivity contribution in [2.24, 2.45) is 0 Å². The number of nitrogens with zero attached hydrogens (tertiary/aromatic N) is 1. The number of carboxylic acids is 1. The Labute approximate surface area is 118 Å². The van der Waals surface area contributed by atoms with Crippen molar-refractivity contribution in [3.05, 3.63) is 66.0 Å². The normalized spacial score (nSPS) is 12.0. The molecule has 1 atom stereocenters. The maximum absolute atomic E-state index is 11.3. The number of nitrogens with one attached hydrogen (secondary N) is 1. The van der Waals surface area contributed by atoms with E-state index in [1.165, 1.54) is 5.56 Å². The Morgan fingerprint density at radius 1 is 1.15 bits per heavy atom. The second-order valence-corrected chi connectivity index (χ2v) is 4.61. The van der Waals surface area contributed by atoms with Crippen molar-refractivity contribution in [1.29, 1.82) is 0 Å². The summed E-state index contributed by atoms with van der Waals surface area (Å²) in [5, 5.41) is 12.5. The van der Waals surface area contributed by atoms with Crippen LogP contribution in [-0.2, 0) is 11.2 Å². The Balaban J connectivity index is 1.83. The molecule has 0 fully saturated rings. The molecule has 1 unspecified atom stereocenters. The van der Waals surface area contributed by atoms with Gasteiger partial charge in [0.2, 0.25) is 0 Å². The Morgan fingerprint density at radius 2 is 1.85 bits per heavy atom. The maximum atomic E-state index is 11.3. The van der Waals surface area contributed by atoms with Gasteiger partial charge in [0.25, 0.3) is 0 Å². The first kappa shape index (κ1) is 14.2. The number of aromatic nitrogens is 1. The first-order valence-electron chi connectivity index (χ1n) is 6.65. The zero-order valence-corrected chi connectivity index (χ0v) is 11.2. The minimum Gasteiger partial charge on any atom is -0.481 e. The molecule has 0 spiro atoms. The molecule has 0 amide bonds. The van der Waals surface area contributed by atoms with Crippen molar-refractivity contribution in [3.8, 4) is 0 Å². The first-order valence-corrected chi connectivity index (χ1v) is 6.65. The summed E-state index contributed by atoms with van der Waals surface area (Å²) in [5.74, 6) is -1.30. The van der Waals surface area contributed by atoms with Crippen LogP contribution in [0, 0.1) is 0 Å². The van der Waals surface area contributed by atoms with Crippen LogP contribution in [0.3, 0.4) is 0 Å². The highest BCUT2D eigenvalue weighted by atomic mass is 16.4. The minimum atomic E-state index is -0.799. The van der Waals surface area contributed by atoms with Crippen molar-refractivity contribution >= 4 is 5.97 Å². The number of carboxylic acid groups (broad SMARTS) is 1. The molecule has 4 heteroatoms. The van der Waals surface area contributed by atoms with E-state index in [1.807, 2.05) is 42.5 Å². The average Bonchev–Trinajstić information content (AvgIpc) is 2.49. The van der Waals surface area contributed by atoms with E-state index in [9.17, 15) is 9.90 Å². The molecule has 0 aliphatic carbocycles. The third kappa shape index (κ3) is 4.17. The van der Waals surface area contributed by atoms with Crippen LogP contribution in [0.25, 0.3) is 0 Å². The number of aliphatic carboxylic acids is 1. The molecule has 1 aromatic carbocycles. The highest BCUT2D eigenvalue weighted by molar-refractivity contribution is 5.76. The molecule has 0 saturated heterocycles. The zero-order chi connectivity index (χ0) is 14.2. The molecule has 104 valence electrons. The lowest BCUT2D eigenvalue weighted by molar-refractivity contribution is -0.138. The quantitative estimate of drug-likeness (QED) is 0.756. The first-order chi connectivity index (χ1) is 9.77. The lowest BCUT2D eigenvalue weighted by Gasteiger charge is -2.13. The Bertz CT molecular complexity index is 529. The van der Waals surface area contributed by atoms with Gasteiger partial charge in [-0.15, -0.1) is 0 Å². The molecule has 0 aliphatic rings. The van der Waals surface area contributed by atoms with E-state index >= 15 is 0 Å². The molecule has 0 radical (unpaired) electrons. The summed E-state index contributed by atoms with van der Waals surface area (Å²) in [6.45, 7) is 1.19. The molecule has 0 saturated carbocycles. The van der Waals surface area contributed by atoms with E-state index < -0.39 is 11.9 Å². The van der Waals surface area contributed by atoms with Gasteiger partial charge in [-0.2, -0.15) is 0 Å². The summed E-state index contributed by atoms with van der Waals surface area (Å²) < 4.78 is 0. The van der Waals surface area contributed by atoms with Crippen LogP contribution in [-0.4, -0.2) is 29.1 Å². The summed E-state index contributed by atoms with van der Waals surface area (Å²) in [5.41, 5.74) is 2.02. The summed E-state index contributed by atoms with van der Waals surface area (Å²) in [6.07, 6.45) is 4.39. The summed E-state index contributed by atoms with van der Waals surface area (Å²) >= 11 is 0. The number of hydrogen-bond acceptors (Lipinski definition) is 3. The third-order valence-electron chi connectivity index (χ3n) is 3.19. The number of hydrogen-bond donors (Lipinski definition) is 2. The van der Waals surface area contributed by atoms with Crippen LogP contribution in [0.2, 0.25) is 0 Å². The highest BCUT2D eigenvalue weighted by Gasteiger charge is 2.18. The minimum absolute atomic E-state index is 0.435. The highest BCUT2D eigenvalue weighted by Crippen LogP contribution is 2.14. The predicted molar refractivity (Wildman–Crippen MR) is 77.6 cm³/mol. The molecular formula is C16H18N2O2. The molecule has 2 rings (SSSR count). The van der Waals surface area contributed by atoms with Crippen molar-refractivity contribution in [3.63, 3.8) is 0 Å². The summed E-state index contributed by atoms with van der Waals surface area (Å²) in [4.78, 5) is 15.3. The van der Waals surface area contributed by atoms with Gasteiger partial charge in [0.1, 0.15) is 0 Å². The van der Waals surface area contributed by atoms with Crippen LogP contribution >= 0.6 is 0 Å². The van der Waals surface area contributed by atoms with Crippen LogP contribution in [0.15, 0.2) is 54.9 Å². The SMILES string of the molecule is O=C(O)C(CNCCc1ccncc1)c1ccccc1. The van der Waals surface area contributed by atoms with E-state index in [0.29, 0.717) is 6.54 Å². The van der Waals surface area contributed by atoms with Crippen molar-refractivity contribution in [2.45, 2.75) is 12.3 Å². The van der Waals surface area contributed by atoms with E-state index in [1.54, 1.807) is 12.4 Å². The summed E-state index contributed by atoms with van der Waals surface area (Å²) in [7, 11) is 0. The van der Waals surface area contributed by atoms with Gasteiger partial charge in [-0.3, -0.25) is 9.78 Å². The molecule has 20 heavy (non-hydrogen) atoms. The second kappa shape index (κ2) is 7.40. The fourth-order valence-electron chi connectivity index (χ4n) is 2.06. The standard InChI is InChI=1S/C16H18N2O2/c19-16(20)15(14-4-2-1-3-5-14)12-18-11-8-13-6-9-17-10-7-13/h1-7,9-10,15,18H,8,11-12H2,(H,19,20). The Hall–Kier alpha value is -2.20. The van der Waals surface area contributed by atoms with Crippen molar-refractivity contribution in [1.82, 2.24) is 10.3 Å². The Morgan fingerprint density at radius 3 is 2.50 bits per heavy atom. The fourth-order valence-corrected chi connectivity index (χ4v) is 2.06. The van der Waals surface area contributed by atoms with Crippen molar-refractivity contribution < 1.29 is 9.90 Å². The van der Waals surface area contributed by atoms with Gasteiger partial charge in [-0.25, -0.2) is 0 Å². The molecular weight excluding hydrogens is 252 g/mol. The van der Waals surface area contributed by atoms with Gasteiger partial charge in [-0.1, -0.05) is 30.3 Å². The van der Waals surface area contributed by atoms with Crippen LogP contribution < -0.4 is 5.32 Å². The van der Waals surface area contributed by atoms with Gasteiger partial charge in [0, 0.05) is 18.9 Å². The van der Waals surface area contributed by atoms with E-state index in [-0.39, 0.29) is 0 Å². The van der Waals surface area contributed by atoms with Gasteiger partial charge in [0.05, 0.1) is 5.92 Å². The van der Waals surface area contributed by atoms with Gasteiger partial charge < -0.3 is 10.4 Å². The lowest BCUT2D eigenvalue weighted by atomic mass is 9.99. The molecule has 1 heterocycles.